The molecule has 0 atom stereocenters. The number of hydrogen-bond donors (Lipinski definition) is 4. The molecule has 4 N–H and O–H groups in total. The Morgan fingerprint density at radius 3 is 2.42 bits per heavy atom. The van der Waals surface area contributed by atoms with Crippen LogP contribution in [-0.2, 0) is 10.2 Å². The fraction of sp³-hybridized carbons (Fsp3) is 0.154. The van der Waals surface area contributed by atoms with E-state index in [0.717, 1.165) is 6.07 Å². The maximum atomic E-state index is 14.7. The van der Waals surface area contributed by atoms with Crippen LogP contribution in [0.15, 0.2) is 65.6 Å². The van der Waals surface area contributed by atoms with E-state index in [0.29, 0.717) is 33.5 Å². The summed E-state index contributed by atoms with van der Waals surface area (Å²) in [7, 11) is 0. The highest BCUT2D eigenvalue weighted by atomic mass is 35.5. The number of aromatic nitrogens is 2. The lowest BCUT2D eigenvalue weighted by molar-refractivity contribution is -0.114. The molecule has 184 valence electrons. The molecule has 0 radical (unpaired) electrons. The van der Waals surface area contributed by atoms with E-state index in [1.807, 2.05) is 6.07 Å². The summed E-state index contributed by atoms with van der Waals surface area (Å²) in [6.45, 7) is 4.91. The van der Waals surface area contributed by atoms with Gasteiger partial charge in [0.15, 0.2) is 0 Å². The molecule has 36 heavy (non-hydrogen) atoms. The molecule has 2 aromatic carbocycles. The number of carbonyl (C=O) groups excluding carboxylic acids is 2. The van der Waals surface area contributed by atoms with Gasteiger partial charge in [-0.3, -0.25) is 9.59 Å². The van der Waals surface area contributed by atoms with Crippen molar-refractivity contribution in [1.82, 2.24) is 9.97 Å². The van der Waals surface area contributed by atoms with Crippen molar-refractivity contribution < 1.29 is 14.0 Å². The lowest BCUT2D eigenvalue weighted by Crippen LogP contribution is -2.29. The monoisotopic (exact) mass is 507 g/mol. The topological polar surface area (TPSA) is 116 Å². The van der Waals surface area contributed by atoms with E-state index < -0.39 is 17.3 Å². The number of carbonyl (C=O) groups is 2. The molecule has 0 bridgehead atoms. The molecule has 4 rings (SSSR count). The van der Waals surface area contributed by atoms with Crippen LogP contribution in [0.5, 0.6) is 0 Å². The number of rotatable bonds is 5. The average molecular weight is 508 g/mol. The lowest BCUT2D eigenvalue weighted by atomic mass is 9.78. The number of anilines is 3. The third kappa shape index (κ3) is 5.21. The number of pyridine rings is 2. The molecule has 0 aliphatic rings. The van der Waals surface area contributed by atoms with E-state index in [9.17, 15) is 18.8 Å². The quantitative estimate of drug-likeness (QED) is 0.279. The van der Waals surface area contributed by atoms with Gasteiger partial charge in [0.1, 0.15) is 11.6 Å². The van der Waals surface area contributed by atoms with Crippen LogP contribution in [0.4, 0.5) is 26.4 Å². The first kappa shape index (κ1) is 24.9. The normalized spacial score (nSPS) is 11.2. The Balaban J connectivity index is 1.69. The zero-order valence-corrected chi connectivity index (χ0v) is 20.5. The third-order valence-electron chi connectivity index (χ3n) is 5.71. The highest BCUT2D eigenvalue weighted by Crippen LogP contribution is 2.38. The minimum atomic E-state index is -0.977. The number of H-pyrrole nitrogens is 1. The molecule has 2 aromatic heterocycles. The molecule has 0 spiro atoms. The van der Waals surface area contributed by atoms with E-state index in [2.05, 4.69) is 25.9 Å². The largest absolute Gasteiger partial charge is 0.323 e. The summed E-state index contributed by atoms with van der Waals surface area (Å²) in [4.78, 5) is 43.8. The lowest BCUT2D eigenvalue weighted by Gasteiger charge is -2.27. The van der Waals surface area contributed by atoms with Gasteiger partial charge in [-0.2, -0.15) is 0 Å². The predicted molar refractivity (Wildman–Crippen MR) is 139 cm³/mol. The summed E-state index contributed by atoms with van der Waals surface area (Å²) in [5.41, 5.74) is 0.380. The van der Waals surface area contributed by atoms with Crippen LogP contribution in [0, 0.1) is 5.82 Å². The van der Waals surface area contributed by atoms with Gasteiger partial charge in [0, 0.05) is 46.3 Å². The molecule has 3 amide bonds. The maximum Gasteiger partial charge on any atom is 0.323 e. The van der Waals surface area contributed by atoms with Gasteiger partial charge < -0.3 is 20.9 Å². The Morgan fingerprint density at radius 2 is 1.72 bits per heavy atom. The van der Waals surface area contributed by atoms with Crippen LogP contribution < -0.4 is 21.5 Å². The zero-order valence-electron chi connectivity index (χ0n) is 19.7. The molecule has 0 aliphatic heterocycles. The van der Waals surface area contributed by atoms with Crippen LogP contribution in [-0.4, -0.2) is 21.9 Å². The van der Waals surface area contributed by atoms with Gasteiger partial charge >= 0.3 is 6.03 Å². The van der Waals surface area contributed by atoms with Gasteiger partial charge in [0.05, 0.1) is 11.2 Å². The number of halogens is 2. The van der Waals surface area contributed by atoms with Gasteiger partial charge in [0.2, 0.25) is 5.91 Å². The standard InChI is InChI=1S/C26H23ClFN5O3/c1-14(34)30-23-12-21-15(13-29-23)9-18(24(35)32-21)26(2,3)17-10-22(20(28)11-19(17)27)33-25(36)31-16-7-5-4-6-8-16/h4-13H,1-3H3,(H,32,35)(H,29,30,34)(H2,31,33,36). The zero-order chi connectivity index (χ0) is 26.0. The van der Waals surface area contributed by atoms with Crippen LogP contribution in [0.1, 0.15) is 31.9 Å². The summed E-state index contributed by atoms with van der Waals surface area (Å²) < 4.78 is 14.7. The molecule has 10 heteroatoms. The van der Waals surface area contributed by atoms with Crippen molar-refractivity contribution in [3.05, 3.63) is 93.1 Å². The number of nitrogens with one attached hydrogen (secondary N) is 4. The Morgan fingerprint density at radius 1 is 1.00 bits per heavy atom. The second-order valence-electron chi connectivity index (χ2n) is 8.73. The minimum absolute atomic E-state index is 0.0882. The van der Waals surface area contributed by atoms with Crippen LogP contribution in [0.25, 0.3) is 10.9 Å². The summed E-state index contributed by atoms with van der Waals surface area (Å²) in [6.07, 6.45) is 1.53. The molecule has 8 nitrogen and oxygen atoms in total. The van der Waals surface area contributed by atoms with Crippen LogP contribution in [0.3, 0.4) is 0 Å². The number of aromatic amines is 1. The predicted octanol–water partition coefficient (Wildman–Crippen LogP) is 5.64. The Hall–Kier alpha value is -4.24. The molecular formula is C26H23ClFN5O3. The second-order valence-corrected chi connectivity index (χ2v) is 9.14. The smallest absolute Gasteiger partial charge is 0.321 e. The highest BCUT2D eigenvalue weighted by Gasteiger charge is 2.30. The first-order valence-corrected chi connectivity index (χ1v) is 11.4. The first-order valence-electron chi connectivity index (χ1n) is 11.0. The molecular weight excluding hydrogens is 485 g/mol. The Bertz CT molecular complexity index is 1540. The fourth-order valence-electron chi connectivity index (χ4n) is 3.89. The number of benzene rings is 2. The number of amides is 3. The van der Waals surface area contributed by atoms with E-state index in [-0.39, 0.29) is 22.2 Å². The molecule has 2 heterocycles. The van der Waals surface area contributed by atoms with Gasteiger partial charge in [-0.25, -0.2) is 14.2 Å². The molecule has 4 aromatic rings. The minimum Gasteiger partial charge on any atom is -0.321 e. The third-order valence-corrected chi connectivity index (χ3v) is 6.03. The van der Waals surface area contributed by atoms with E-state index in [1.165, 1.54) is 19.2 Å². The summed E-state index contributed by atoms with van der Waals surface area (Å²) in [5.74, 6) is -0.691. The average Bonchev–Trinajstić information content (AvgIpc) is 2.80. The number of hydrogen-bond acceptors (Lipinski definition) is 4. The number of nitrogens with zero attached hydrogens (tertiary/aromatic N) is 1. The van der Waals surface area contributed by atoms with E-state index in [1.54, 1.807) is 50.2 Å². The Kier molecular flexibility index (Phi) is 6.76. The van der Waals surface area contributed by atoms with E-state index >= 15 is 0 Å². The van der Waals surface area contributed by atoms with Crippen molar-refractivity contribution in [2.45, 2.75) is 26.2 Å². The molecule has 0 aliphatic carbocycles. The summed E-state index contributed by atoms with van der Waals surface area (Å²) in [5, 5.41) is 8.44. The highest BCUT2D eigenvalue weighted by molar-refractivity contribution is 6.31. The van der Waals surface area contributed by atoms with Gasteiger partial charge in [-0.05, 0) is 35.9 Å². The molecule has 0 fully saturated rings. The second kappa shape index (κ2) is 9.79. The van der Waals surface area contributed by atoms with Gasteiger partial charge in [-0.1, -0.05) is 43.6 Å². The fourth-order valence-corrected chi connectivity index (χ4v) is 4.27. The number of urea groups is 1. The van der Waals surface area contributed by atoms with E-state index in [4.69, 9.17) is 11.6 Å². The van der Waals surface area contributed by atoms with Crippen LogP contribution in [0.2, 0.25) is 5.02 Å². The molecule has 0 saturated carbocycles. The summed E-state index contributed by atoms with van der Waals surface area (Å²) in [6, 6.07) is 13.9. The van der Waals surface area contributed by atoms with Crippen molar-refractivity contribution >= 4 is 51.6 Å². The maximum absolute atomic E-state index is 14.7. The van der Waals surface area contributed by atoms with Crippen molar-refractivity contribution in [1.29, 1.82) is 0 Å². The van der Waals surface area contributed by atoms with Gasteiger partial charge in [-0.15, -0.1) is 0 Å². The summed E-state index contributed by atoms with van der Waals surface area (Å²) >= 11 is 6.41. The van der Waals surface area contributed by atoms with Crippen molar-refractivity contribution in [2.75, 3.05) is 16.0 Å². The van der Waals surface area contributed by atoms with Crippen molar-refractivity contribution in [3.63, 3.8) is 0 Å². The molecule has 0 saturated heterocycles. The SMILES string of the molecule is CC(=O)Nc1cc2[nH]c(=O)c(C(C)(C)c3cc(NC(=O)Nc4ccccc4)c(F)cc3Cl)cc2cn1. The first-order chi connectivity index (χ1) is 17.0. The van der Waals surface area contributed by atoms with Crippen molar-refractivity contribution in [2.24, 2.45) is 0 Å². The number of fused-ring (bicyclic) bond motifs is 1. The van der Waals surface area contributed by atoms with Gasteiger partial charge in [0.25, 0.3) is 5.56 Å². The van der Waals surface area contributed by atoms with Crippen LogP contribution >= 0.6 is 11.6 Å². The number of para-hydroxylation sites is 1. The molecule has 0 unspecified atom stereocenters. The van der Waals surface area contributed by atoms with Crippen molar-refractivity contribution in [3.8, 4) is 0 Å². The Labute approximate surface area is 210 Å².